The lowest BCUT2D eigenvalue weighted by Gasteiger charge is -2.31. The monoisotopic (exact) mass is 427 g/mol. The minimum atomic E-state index is -3.29. The molecule has 2 amide bonds. The van der Waals surface area contributed by atoms with Crippen molar-refractivity contribution in [2.24, 2.45) is 0 Å². The third-order valence-corrected chi connectivity index (χ3v) is 7.43. The fraction of sp³-hybridized carbons (Fsp3) is 0.409. The van der Waals surface area contributed by atoms with E-state index in [-0.39, 0.29) is 29.1 Å². The quantitative estimate of drug-likeness (QED) is 0.528. The molecule has 7 nitrogen and oxygen atoms in total. The molecule has 158 valence electrons. The van der Waals surface area contributed by atoms with Gasteiger partial charge in [-0.3, -0.25) is 14.5 Å². The van der Waals surface area contributed by atoms with E-state index in [0.29, 0.717) is 5.57 Å². The zero-order chi connectivity index (χ0) is 22.1. The van der Waals surface area contributed by atoms with Gasteiger partial charge in [-0.25, -0.2) is 8.42 Å². The van der Waals surface area contributed by atoms with Crippen molar-refractivity contribution in [2.45, 2.75) is 33.2 Å². The number of anilines is 1. The van der Waals surface area contributed by atoms with Gasteiger partial charge < -0.3 is 4.90 Å². The van der Waals surface area contributed by atoms with E-state index in [9.17, 15) is 23.3 Å². The number of rotatable bonds is 5. The van der Waals surface area contributed by atoms with Crippen molar-refractivity contribution in [3.8, 4) is 6.07 Å². The summed E-state index contributed by atoms with van der Waals surface area (Å²) in [6.45, 7) is 7.49. The smallest absolute Gasteiger partial charge is 0.271 e. The van der Waals surface area contributed by atoms with Crippen LogP contribution < -0.4 is 4.90 Å². The molecule has 1 fully saturated rings. The van der Waals surface area contributed by atoms with Gasteiger partial charge in [-0.2, -0.15) is 5.26 Å². The highest BCUT2D eigenvalue weighted by atomic mass is 32.2. The Balaban J connectivity index is 2.00. The lowest BCUT2D eigenvalue weighted by atomic mass is 9.92. The highest BCUT2D eigenvalue weighted by Gasteiger charge is 2.43. The van der Waals surface area contributed by atoms with Crippen LogP contribution in [0.1, 0.15) is 32.8 Å². The minimum absolute atomic E-state index is 0.0643. The molecule has 0 unspecified atom stereocenters. The average Bonchev–Trinajstić information content (AvgIpc) is 3.07. The van der Waals surface area contributed by atoms with Gasteiger partial charge in [0.05, 0.1) is 17.5 Å². The van der Waals surface area contributed by atoms with Gasteiger partial charge in [0, 0.05) is 24.4 Å². The van der Waals surface area contributed by atoms with Crippen LogP contribution in [0.15, 0.2) is 41.0 Å². The molecule has 1 atom stereocenters. The topological polar surface area (TPSA) is 98.6 Å². The Morgan fingerprint density at radius 1 is 1.17 bits per heavy atom. The van der Waals surface area contributed by atoms with Crippen molar-refractivity contribution >= 4 is 33.4 Å². The van der Waals surface area contributed by atoms with Crippen LogP contribution in [0.4, 0.5) is 5.69 Å². The Morgan fingerprint density at radius 2 is 1.80 bits per heavy atom. The Bertz CT molecular complexity index is 1070. The summed E-state index contributed by atoms with van der Waals surface area (Å²) in [6.07, 6.45) is 1.85. The van der Waals surface area contributed by atoms with Gasteiger partial charge in [0.1, 0.15) is 11.6 Å². The zero-order valence-electron chi connectivity index (χ0n) is 17.4. The lowest BCUT2D eigenvalue weighted by Crippen LogP contribution is -2.49. The van der Waals surface area contributed by atoms with Gasteiger partial charge in [-0.15, -0.1) is 0 Å². The van der Waals surface area contributed by atoms with Crippen LogP contribution in [0.5, 0.6) is 0 Å². The number of nitriles is 1. The first-order valence-electron chi connectivity index (χ1n) is 9.98. The molecule has 1 aromatic carbocycles. The molecule has 1 saturated heterocycles. The molecule has 2 aliphatic heterocycles. The summed E-state index contributed by atoms with van der Waals surface area (Å²) in [6, 6.07) is 8.85. The van der Waals surface area contributed by atoms with Crippen molar-refractivity contribution in [2.75, 3.05) is 29.5 Å². The van der Waals surface area contributed by atoms with Crippen LogP contribution >= 0.6 is 0 Å². The van der Waals surface area contributed by atoms with E-state index < -0.39 is 27.7 Å². The predicted octanol–water partition coefficient (Wildman–Crippen LogP) is 2.31. The first-order valence-corrected chi connectivity index (χ1v) is 11.8. The van der Waals surface area contributed by atoms with E-state index >= 15 is 0 Å². The maximum absolute atomic E-state index is 13.2. The summed E-state index contributed by atoms with van der Waals surface area (Å²) in [4.78, 5) is 29.1. The van der Waals surface area contributed by atoms with Crippen molar-refractivity contribution < 1.29 is 18.0 Å². The van der Waals surface area contributed by atoms with Gasteiger partial charge in [0.25, 0.3) is 11.8 Å². The summed E-state index contributed by atoms with van der Waals surface area (Å²) >= 11 is 0. The van der Waals surface area contributed by atoms with Crippen molar-refractivity contribution in [1.29, 1.82) is 5.26 Å². The molecule has 2 aliphatic rings. The van der Waals surface area contributed by atoms with Gasteiger partial charge in [0.15, 0.2) is 9.84 Å². The van der Waals surface area contributed by atoms with Gasteiger partial charge in [-0.1, -0.05) is 12.1 Å². The molecule has 1 aromatic rings. The number of nitrogens with zero attached hydrogens (tertiary/aromatic N) is 3. The summed E-state index contributed by atoms with van der Waals surface area (Å²) in [5.41, 5.74) is 2.27. The molecule has 30 heavy (non-hydrogen) atoms. The van der Waals surface area contributed by atoms with Crippen LogP contribution in [0.3, 0.4) is 0 Å². The van der Waals surface area contributed by atoms with Crippen molar-refractivity contribution in [1.82, 2.24) is 4.90 Å². The van der Waals surface area contributed by atoms with Crippen molar-refractivity contribution in [3.63, 3.8) is 0 Å². The number of hydrogen-bond donors (Lipinski definition) is 0. The van der Waals surface area contributed by atoms with Crippen molar-refractivity contribution in [3.05, 3.63) is 46.5 Å². The number of imide groups is 1. The second-order valence-corrected chi connectivity index (χ2v) is 9.70. The number of amides is 2. The maximum Gasteiger partial charge on any atom is 0.271 e. The molecule has 8 heteroatoms. The Hall–Kier alpha value is -2.92. The van der Waals surface area contributed by atoms with E-state index in [0.717, 1.165) is 29.2 Å². The maximum atomic E-state index is 13.2. The molecule has 3 rings (SSSR count). The predicted molar refractivity (Wildman–Crippen MR) is 115 cm³/mol. The van der Waals surface area contributed by atoms with E-state index in [1.165, 1.54) is 0 Å². The highest BCUT2D eigenvalue weighted by Crippen LogP contribution is 2.31. The number of carbonyl (C=O) groups is 2. The van der Waals surface area contributed by atoms with E-state index in [4.69, 9.17) is 0 Å². The van der Waals surface area contributed by atoms with Gasteiger partial charge in [0.2, 0.25) is 0 Å². The fourth-order valence-corrected chi connectivity index (χ4v) is 5.65. The zero-order valence-corrected chi connectivity index (χ0v) is 18.2. The Labute approximate surface area is 177 Å². The Kier molecular flexibility index (Phi) is 6.13. The number of benzene rings is 1. The van der Waals surface area contributed by atoms with Crippen LogP contribution in [-0.2, 0) is 19.4 Å². The number of sulfone groups is 1. The molecule has 0 saturated carbocycles. The van der Waals surface area contributed by atoms with Crippen LogP contribution in [0.25, 0.3) is 6.08 Å². The second-order valence-electron chi connectivity index (χ2n) is 7.47. The van der Waals surface area contributed by atoms with E-state index in [1.807, 2.05) is 30.3 Å². The molecule has 0 bridgehead atoms. The summed E-state index contributed by atoms with van der Waals surface area (Å²) in [7, 11) is -3.29. The minimum Gasteiger partial charge on any atom is -0.372 e. The fourth-order valence-electron chi connectivity index (χ4n) is 3.95. The first-order chi connectivity index (χ1) is 14.2. The molecule has 0 N–H and O–H groups in total. The summed E-state index contributed by atoms with van der Waals surface area (Å²) < 4.78 is 23.8. The molecule has 0 aliphatic carbocycles. The second kappa shape index (κ2) is 8.44. The molecule has 0 radical (unpaired) electrons. The first kappa shape index (κ1) is 21.8. The Morgan fingerprint density at radius 3 is 2.30 bits per heavy atom. The number of carbonyl (C=O) groups excluding carboxylic acids is 2. The van der Waals surface area contributed by atoms with E-state index in [2.05, 4.69) is 18.7 Å². The van der Waals surface area contributed by atoms with Crippen LogP contribution in [0.2, 0.25) is 0 Å². The summed E-state index contributed by atoms with van der Waals surface area (Å²) in [5, 5.41) is 9.50. The normalized spacial score (nSPS) is 22.5. The highest BCUT2D eigenvalue weighted by molar-refractivity contribution is 7.91. The third-order valence-electron chi connectivity index (χ3n) is 5.68. The average molecular weight is 428 g/mol. The molecular formula is C22H25N3O4S. The number of hydrogen-bond acceptors (Lipinski definition) is 6. The van der Waals surface area contributed by atoms with Gasteiger partial charge >= 0.3 is 0 Å². The lowest BCUT2D eigenvalue weighted by molar-refractivity contribution is -0.142. The molecule has 0 aromatic heterocycles. The summed E-state index contributed by atoms with van der Waals surface area (Å²) in [5.74, 6) is -1.58. The SMILES string of the molecule is CCN(CC)c1ccc(/C=C2/C(=O)N([C@@H]3CCS(=O)(=O)C3)C(=O)C(C#N)=C2C)cc1. The largest absolute Gasteiger partial charge is 0.372 e. The third kappa shape index (κ3) is 4.03. The molecular weight excluding hydrogens is 402 g/mol. The van der Waals surface area contributed by atoms with E-state index in [1.54, 1.807) is 13.0 Å². The van der Waals surface area contributed by atoms with Crippen LogP contribution in [0, 0.1) is 11.3 Å². The van der Waals surface area contributed by atoms with Crippen LogP contribution in [-0.4, -0.2) is 55.8 Å². The van der Waals surface area contributed by atoms with Gasteiger partial charge in [-0.05, 0) is 56.5 Å². The molecule has 2 heterocycles. The molecule has 0 spiro atoms. The standard InChI is InChI=1S/C22H25N3O4S/c1-4-24(5-2)17-8-6-16(7-9-17)12-19-15(3)20(13-23)22(27)25(21(19)26)18-10-11-30(28,29)14-18/h6-9,12,18H,4-5,10-11,14H2,1-3H3/b19-12+/t18-/m1/s1.